The van der Waals surface area contributed by atoms with E-state index in [9.17, 15) is 4.79 Å². The van der Waals surface area contributed by atoms with Crippen molar-refractivity contribution in [2.24, 2.45) is 4.99 Å². The molecule has 0 N–H and O–H groups in total. The first-order chi connectivity index (χ1) is 5.59. The Labute approximate surface area is 80.7 Å². The topological polar surface area (TPSA) is 32.7 Å². The normalized spacial score (nSPS) is 17.1. The van der Waals surface area contributed by atoms with Gasteiger partial charge in [-0.25, -0.2) is 0 Å². The van der Waals surface area contributed by atoms with Crippen molar-refractivity contribution < 1.29 is 4.79 Å². The molecule has 1 aliphatic rings. The molecule has 0 aromatic heterocycles. The minimum atomic E-state index is 0.0507. The fourth-order valence-corrected chi connectivity index (χ4v) is 1.28. The number of ketones is 1. The van der Waals surface area contributed by atoms with E-state index in [1.54, 1.807) is 4.90 Å². The molecular formula is C7H8Cl2N2O. The van der Waals surface area contributed by atoms with Gasteiger partial charge in [-0.2, -0.15) is 0 Å². The lowest BCUT2D eigenvalue weighted by atomic mass is 10.4. The van der Waals surface area contributed by atoms with Crippen LogP contribution in [0.25, 0.3) is 0 Å². The van der Waals surface area contributed by atoms with E-state index in [0.29, 0.717) is 17.0 Å². The first-order valence-corrected chi connectivity index (χ1v) is 4.16. The highest BCUT2D eigenvalue weighted by molar-refractivity contribution is 6.69. The lowest BCUT2D eigenvalue weighted by Crippen LogP contribution is -2.29. The van der Waals surface area contributed by atoms with Crippen LogP contribution in [0.3, 0.4) is 0 Å². The molecule has 0 unspecified atom stereocenters. The average Bonchev–Trinajstić information content (AvgIpc) is 1.94. The van der Waals surface area contributed by atoms with Gasteiger partial charge in [0, 0.05) is 6.08 Å². The highest BCUT2D eigenvalue weighted by atomic mass is 35.5. The summed E-state index contributed by atoms with van der Waals surface area (Å²) in [5.74, 6) is 0.0507. The van der Waals surface area contributed by atoms with Gasteiger partial charge in [0.15, 0.2) is 0 Å². The van der Waals surface area contributed by atoms with Gasteiger partial charge in [-0.15, -0.1) is 0 Å². The minimum Gasteiger partial charge on any atom is -0.335 e. The lowest BCUT2D eigenvalue weighted by Gasteiger charge is -2.22. The molecule has 1 aliphatic heterocycles. The highest BCUT2D eigenvalue weighted by Crippen LogP contribution is 2.14. The van der Waals surface area contributed by atoms with Crippen molar-refractivity contribution in [2.75, 3.05) is 13.2 Å². The van der Waals surface area contributed by atoms with Crippen LogP contribution in [0.4, 0.5) is 0 Å². The van der Waals surface area contributed by atoms with Crippen LogP contribution in [-0.4, -0.2) is 29.1 Å². The minimum absolute atomic E-state index is 0.0507. The predicted octanol–water partition coefficient (Wildman–Crippen LogP) is 1.57. The second kappa shape index (κ2) is 3.92. The number of carbonyl (C=O) groups excluding carboxylic acids is 1. The summed E-state index contributed by atoms with van der Waals surface area (Å²) in [6.07, 6.45) is 1.52. The molecule has 0 saturated carbocycles. The van der Waals surface area contributed by atoms with E-state index in [4.69, 9.17) is 23.2 Å². The van der Waals surface area contributed by atoms with Crippen molar-refractivity contribution in [2.45, 2.75) is 6.92 Å². The number of Topliss-reactive ketones (excluding diaryl/α,β-unsaturated/α-hetero) is 1. The Kier molecular flexibility index (Phi) is 3.12. The number of nitrogens with zero attached hydrogens (tertiary/aromatic N) is 2. The number of rotatable bonds is 2. The average molecular weight is 207 g/mol. The van der Waals surface area contributed by atoms with Gasteiger partial charge < -0.3 is 4.90 Å². The third-order valence-electron chi connectivity index (χ3n) is 1.35. The Morgan fingerprint density at radius 3 is 2.92 bits per heavy atom. The fourth-order valence-electron chi connectivity index (χ4n) is 0.850. The second-order valence-corrected chi connectivity index (χ2v) is 3.26. The van der Waals surface area contributed by atoms with Crippen LogP contribution in [0.2, 0.25) is 0 Å². The maximum Gasteiger partial charge on any atom is 0.149 e. The maximum atomic E-state index is 10.7. The van der Waals surface area contributed by atoms with Crippen LogP contribution in [0.5, 0.6) is 0 Å². The zero-order valence-corrected chi connectivity index (χ0v) is 8.06. The molecule has 0 aliphatic carbocycles. The third-order valence-corrected chi connectivity index (χ3v) is 1.92. The van der Waals surface area contributed by atoms with Crippen molar-refractivity contribution in [3.63, 3.8) is 0 Å². The van der Waals surface area contributed by atoms with Crippen LogP contribution < -0.4 is 0 Å². The van der Waals surface area contributed by atoms with Crippen LogP contribution >= 0.6 is 23.2 Å². The zero-order chi connectivity index (χ0) is 9.14. The first kappa shape index (κ1) is 9.55. The van der Waals surface area contributed by atoms with Crippen molar-refractivity contribution in [3.05, 3.63) is 11.2 Å². The van der Waals surface area contributed by atoms with Crippen LogP contribution in [0.15, 0.2) is 16.2 Å². The summed E-state index contributed by atoms with van der Waals surface area (Å²) in [6, 6.07) is 0. The molecule has 0 spiro atoms. The molecule has 0 radical (unpaired) electrons. The van der Waals surface area contributed by atoms with Crippen LogP contribution in [0, 0.1) is 0 Å². The van der Waals surface area contributed by atoms with Crippen molar-refractivity contribution in [3.8, 4) is 0 Å². The summed E-state index contributed by atoms with van der Waals surface area (Å²) in [4.78, 5) is 16.3. The molecule has 12 heavy (non-hydrogen) atoms. The van der Waals surface area contributed by atoms with E-state index < -0.39 is 0 Å². The Bertz CT molecular complexity index is 260. The summed E-state index contributed by atoms with van der Waals surface area (Å²) in [7, 11) is 0. The molecule has 0 aromatic carbocycles. The van der Waals surface area contributed by atoms with Gasteiger partial charge in [0.1, 0.15) is 22.8 Å². The van der Waals surface area contributed by atoms with Crippen molar-refractivity contribution in [1.29, 1.82) is 0 Å². The van der Waals surface area contributed by atoms with Gasteiger partial charge in [0.05, 0.1) is 6.54 Å². The Hall–Kier alpha value is -0.540. The number of hydrogen-bond donors (Lipinski definition) is 0. The number of aliphatic imine (C=N–C) groups is 1. The Morgan fingerprint density at radius 1 is 1.75 bits per heavy atom. The van der Waals surface area contributed by atoms with E-state index in [2.05, 4.69) is 4.99 Å². The van der Waals surface area contributed by atoms with Gasteiger partial charge in [-0.3, -0.25) is 9.79 Å². The Balaban J connectivity index is 2.62. The molecule has 1 heterocycles. The van der Waals surface area contributed by atoms with E-state index in [0.717, 1.165) is 0 Å². The van der Waals surface area contributed by atoms with E-state index in [-0.39, 0.29) is 12.3 Å². The molecule has 5 heteroatoms. The largest absolute Gasteiger partial charge is 0.335 e. The molecule has 0 saturated heterocycles. The quantitative estimate of drug-likeness (QED) is 0.643. The van der Waals surface area contributed by atoms with Crippen molar-refractivity contribution >= 4 is 34.2 Å². The molecule has 3 nitrogen and oxygen atoms in total. The number of halogens is 2. The zero-order valence-electron chi connectivity index (χ0n) is 6.55. The molecule has 0 fully saturated rings. The smallest absolute Gasteiger partial charge is 0.149 e. The monoisotopic (exact) mass is 206 g/mol. The predicted molar refractivity (Wildman–Crippen MR) is 49.5 cm³/mol. The van der Waals surface area contributed by atoms with E-state index in [1.165, 1.54) is 13.0 Å². The summed E-state index contributed by atoms with van der Waals surface area (Å²) in [6.45, 7) is 2.14. The second-order valence-electron chi connectivity index (χ2n) is 2.49. The molecule has 0 bridgehead atoms. The molecule has 0 atom stereocenters. The molecule has 66 valence electrons. The molecular weight excluding hydrogens is 199 g/mol. The van der Waals surface area contributed by atoms with Crippen molar-refractivity contribution in [1.82, 2.24) is 4.90 Å². The molecule has 0 aromatic rings. The van der Waals surface area contributed by atoms with Gasteiger partial charge in [-0.05, 0) is 6.92 Å². The van der Waals surface area contributed by atoms with Gasteiger partial charge in [-0.1, -0.05) is 23.2 Å². The van der Waals surface area contributed by atoms with E-state index in [1.807, 2.05) is 0 Å². The van der Waals surface area contributed by atoms with E-state index >= 15 is 0 Å². The summed E-state index contributed by atoms with van der Waals surface area (Å²) in [5, 5.41) is 0.838. The van der Waals surface area contributed by atoms with Crippen LogP contribution in [0.1, 0.15) is 6.92 Å². The lowest BCUT2D eigenvalue weighted by molar-refractivity contribution is -0.117. The van der Waals surface area contributed by atoms with Gasteiger partial charge in [0.25, 0.3) is 0 Å². The highest BCUT2D eigenvalue weighted by Gasteiger charge is 2.13. The summed E-state index contributed by atoms with van der Waals surface area (Å²) in [5.41, 5.74) is 0. The SMILES string of the molecule is CC(=O)CN1CN=C(Cl)C=C1Cl. The molecule has 1 rings (SSSR count). The third kappa shape index (κ3) is 2.50. The fraction of sp³-hybridized carbons (Fsp3) is 0.429. The summed E-state index contributed by atoms with van der Waals surface area (Å²) < 4.78 is 0. The van der Waals surface area contributed by atoms with Crippen LogP contribution in [-0.2, 0) is 4.79 Å². The molecule has 0 amide bonds. The Morgan fingerprint density at radius 2 is 2.42 bits per heavy atom. The number of hydrogen-bond acceptors (Lipinski definition) is 3. The maximum absolute atomic E-state index is 10.7. The number of carbonyl (C=O) groups is 1. The standard InChI is InChI=1S/C7H8Cl2N2O/c1-5(12)3-11-4-10-6(8)2-7(11)9/h2H,3-4H2,1H3. The number of allylic oxidation sites excluding steroid dienone is 1. The van der Waals surface area contributed by atoms with Gasteiger partial charge in [0.2, 0.25) is 0 Å². The van der Waals surface area contributed by atoms with Gasteiger partial charge >= 0.3 is 0 Å². The summed E-state index contributed by atoms with van der Waals surface area (Å²) >= 11 is 11.4. The first-order valence-electron chi connectivity index (χ1n) is 3.41.